The van der Waals surface area contributed by atoms with E-state index in [-0.39, 0.29) is 17.9 Å². The largest absolute Gasteiger partial charge is 0.481 e. The summed E-state index contributed by atoms with van der Waals surface area (Å²) in [5.41, 5.74) is -0.482. The van der Waals surface area contributed by atoms with Crippen molar-refractivity contribution in [2.45, 2.75) is 51.0 Å². The zero-order valence-electron chi connectivity index (χ0n) is 11.4. The maximum atomic E-state index is 12.7. The van der Waals surface area contributed by atoms with Gasteiger partial charge in [-0.25, -0.2) is 0 Å². The number of aliphatic carboxylic acids is 1. The second kappa shape index (κ2) is 4.72. The standard InChI is InChI=1S/C15H19NO4/c17-12-9-15(6-2-1-3-7-15)14(20)16(12)11-5-4-10(8-11)13(18)19/h4-5,10-11H,1-3,6-9H2,(H,18,19). The Morgan fingerprint density at radius 2 is 1.90 bits per heavy atom. The Bertz CT molecular complexity index is 490. The van der Waals surface area contributed by atoms with Crippen LogP contribution in [-0.4, -0.2) is 33.8 Å². The lowest BCUT2D eigenvalue weighted by Crippen LogP contribution is -2.42. The maximum absolute atomic E-state index is 12.7. The summed E-state index contributed by atoms with van der Waals surface area (Å²) < 4.78 is 0. The molecule has 1 N–H and O–H groups in total. The van der Waals surface area contributed by atoms with Crippen LogP contribution in [-0.2, 0) is 14.4 Å². The van der Waals surface area contributed by atoms with Crippen molar-refractivity contribution in [3.05, 3.63) is 12.2 Å². The number of carbonyl (C=O) groups excluding carboxylic acids is 2. The Balaban J connectivity index is 1.78. The monoisotopic (exact) mass is 277 g/mol. The Labute approximate surface area is 117 Å². The Kier molecular flexibility index (Phi) is 3.15. The molecule has 1 saturated heterocycles. The van der Waals surface area contributed by atoms with Gasteiger partial charge in [-0.3, -0.25) is 19.3 Å². The van der Waals surface area contributed by atoms with E-state index in [1.807, 2.05) is 0 Å². The molecule has 0 aromatic carbocycles. The minimum absolute atomic E-state index is 0.0668. The number of nitrogens with zero attached hydrogens (tertiary/aromatic N) is 1. The van der Waals surface area contributed by atoms with Crippen LogP contribution in [0.2, 0.25) is 0 Å². The Morgan fingerprint density at radius 1 is 1.20 bits per heavy atom. The molecular weight excluding hydrogens is 258 g/mol. The number of carboxylic acids is 1. The fourth-order valence-corrected chi connectivity index (χ4v) is 3.83. The highest BCUT2D eigenvalue weighted by atomic mass is 16.4. The summed E-state index contributed by atoms with van der Waals surface area (Å²) in [5.74, 6) is -1.67. The molecule has 1 heterocycles. The SMILES string of the molecule is O=C(O)C1C=CC(N2C(=O)CC3(CCCCC3)C2=O)C1. The predicted molar refractivity (Wildman–Crippen MR) is 70.7 cm³/mol. The molecule has 0 aromatic heterocycles. The molecule has 5 nitrogen and oxygen atoms in total. The normalized spacial score (nSPS) is 32.3. The van der Waals surface area contributed by atoms with E-state index in [0.29, 0.717) is 12.8 Å². The van der Waals surface area contributed by atoms with E-state index >= 15 is 0 Å². The lowest BCUT2D eigenvalue weighted by atomic mass is 9.73. The van der Waals surface area contributed by atoms with E-state index in [1.165, 1.54) is 4.90 Å². The molecule has 1 saturated carbocycles. The summed E-state index contributed by atoms with van der Waals surface area (Å²) >= 11 is 0. The molecule has 1 spiro atoms. The third-order valence-electron chi connectivity index (χ3n) is 4.95. The molecule has 1 aliphatic heterocycles. The van der Waals surface area contributed by atoms with Crippen LogP contribution in [0, 0.1) is 11.3 Å². The molecule has 2 amide bonds. The molecule has 2 fully saturated rings. The number of hydrogen-bond acceptors (Lipinski definition) is 3. The number of hydrogen-bond donors (Lipinski definition) is 1. The van der Waals surface area contributed by atoms with E-state index in [0.717, 1.165) is 32.1 Å². The summed E-state index contributed by atoms with van der Waals surface area (Å²) in [6.07, 6.45) is 8.68. The van der Waals surface area contributed by atoms with Gasteiger partial charge < -0.3 is 5.11 Å². The van der Waals surface area contributed by atoms with Crippen molar-refractivity contribution in [1.82, 2.24) is 4.90 Å². The van der Waals surface area contributed by atoms with Crippen molar-refractivity contribution in [2.24, 2.45) is 11.3 Å². The molecule has 2 atom stereocenters. The van der Waals surface area contributed by atoms with Crippen molar-refractivity contribution in [2.75, 3.05) is 0 Å². The molecule has 5 heteroatoms. The number of carbonyl (C=O) groups is 3. The zero-order chi connectivity index (χ0) is 14.3. The molecule has 0 aromatic rings. The molecule has 2 unspecified atom stereocenters. The van der Waals surface area contributed by atoms with Gasteiger partial charge in [-0.15, -0.1) is 0 Å². The van der Waals surface area contributed by atoms with Crippen LogP contribution >= 0.6 is 0 Å². The third kappa shape index (κ3) is 1.96. The number of likely N-dealkylation sites (tertiary alicyclic amines) is 1. The second-order valence-electron chi connectivity index (χ2n) is 6.22. The Morgan fingerprint density at radius 3 is 2.50 bits per heavy atom. The van der Waals surface area contributed by atoms with Gasteiger partial charge in [0.05, 0.1) is 17.4 Å². The smallest absolute Gasteiger partial charge is 0.310 e. The van der Waals surface area contributed by atoms with E-state index in [1.54, 1.807) is 12.2 Å². The minimum atomic E-state index is -0.893. The summed E-state index contributed by atoms with van der Waals surface area (Å²) in [4.78, 5) is 37.2. The number of amides is 2. The van der Waals surface area contributed by atoms with Crippen molar-refractivity contribution in [3.63, 3.8) is 0 Å². The molecule has 108 valence electrons. The molecule has 0 radical (unpaired) electrons. The van der Waals surface area contributed by atoms with E-state index in [4.69, 9.17) is 5.11 Å². The van der Waals surface area contributed by atoms with Gasteiger partial charge in [0.15, 0.2) is 0 Å². The summed E-state index contributed by atoms with van der Waals surface area (Å²) in [7, 11) is 0. The van der Waals surface area contributed by atoms with Crippen molar-refractivity contribution >= 4 is 17.8 Å². The number of imide groups is 1. The highest BCUT2D eigenvalue weighted by Gasteiger charge is 2.53. The topological polar surface area (TPSA) is 74.7 Å². The van der Waals surface area contributed by atoms with Crippen LogP contribution in [0.25, 0.3) is 0 Å². The fourth-order valence-electron chi connectivity index (χ4n) is 3.83. The third-order valence-corrected chi connectivity index (χ3v) is 4.95. The molecular formula is C15H19NO4. The van der Waals surface area contributed by atoms with Crippen LogP contribution in [0.1, 0.15) is 44.9 Å². The first-order chi connectivity index (χ1) is 9.53. The van der Waals surface area contributed by atoms with Gasteiger partial charge >= 0.3 is 5.97 Å². The van der Waals surface area contributed by atoms with Gasteiger partial charge in [-0.1, -0.05) is 31.4 Å². The summed E-state index contributed by atoms with van der Waals surface area (Å²) in [5, 5.41) is 9.01. The van der Waals surface area contributed by atoms with Gasteiger partial charge in [0.1, 0.15) is 0 Å². The first kappa shape index (κ1) is 13.3. The van der Waals surface area contributed by atoms with E-state index in [2.05, 4.69) is 0 Å². The van der Waals surface area contributed by atoms with E-state index in [9.17, 15) is 14.4 Å². The van der Waals surface area contributed by atoms with Crippen LogP contribution in [0.3, 0.4) is 0 Å². The van der Waals surface area contributed by atoms with Gasteiger partial charge in [0.2, 0.25) is 11.8 Å². The quantitative estimate of drug-likeness (QED) is 0.616. The zero-order valence-corrected chi connectivity index (χ0v) is 11.4. The van der Waals surface area contributed by atoms with Crippen molar-refractivity contribution < 1.29 is 19.5 Å². The van der Waals surface area contributed by atoms with Crippen molar-refractivity contribution in [3.8, 4) is 0 Å². The van der Waals surface area contributed by atoms with Crippen LogP contribution < -0.4 is 0 Å². The highest BCUT2D eigenvalue weighted by Crippen LogP contribution is 2.46. The molecule has 0 bridgehead atoms. The molecule has 3 aliphatic rings. The van der Waals surface area contributed by atoms with Crippen LogP contribution in [0.5, 0.6) is 0 Å². The minimum Gasteiger partial charge on any atom is -0.481 e. The average Bonchev–Trinajstić information content (AvgIpc) is 2.96. The first-order valence-corrected chi connectivity index (χ1v) is 7.31. The van der Waals surface area contributed by atoms with Gasteiger partial charge in [0.25, 0.3) is 0 Å². The fraction of sp³-hybridized carbons (Fsp3) is 0.667. The van der Waals surface area contributed by atoms with Gasteiger partial charge in [-0.2, -0.15) is 0 Å². The number of carboxylic acid groups (broad SMARTS) is 1. The molecule has 3 rings (SSSR count). The average molecular weight is 277 g/mol. The lowest BCUT2D eigenvalue weighted by Gasteiger charge is -2.31. The molecule has 20 heavy (non-hydrogen) atoms. The first-order valence-electron chi connectivity index (χ1n) is 7.31. The second-order valence-corrected chi connectivity index (χ2v) is 6.22. The van der Waals surface area contributed by atoms with Crippen molar-refractivity contribution in [1.29, 1.82) is 0 Å². The summed E-state index contributed by atoms with van der Waals surface area (Å²) in [6.45, 7) is 0. The van der Waals surface area contributed by atoms with Gasteiger partial charge in [0, 0.05) is 6.42 Å². The maximum Gasteiger partial charge on any atom is 0.310 e. The Hall–Kier alpha value is -1.65. The highest BCUT2D eigenvalue weighted by molar-refractivity contribution is 6.06. The molecule has 2 aliphatic carbocycles. The van der Waals surface area contributed by atoms with Gasteiger partial charge in [-0.05, 0) is 19.3 Å². The number of rotatable bonds is 2. The predicted octanol–water partition coefficient (Wildman–Crippen LogP) is 1.73. The van der Waals surface area contributed by atoms with Crippen LogP contribution in [0.4, 0.5) is 0 Å². The van der Waals surface area contributed by atoms with Crippen LogP contribution in [0.15, 0.2) is 12.2 Å². The van der Waals surface area contributed by atoms with E-state index < -0.39 is 17.3 Å². The lowest BCUT2D eigenvalue weighted by molar-refractivity contribution is -0.146. The summed E-state index contributed by atoms with van der Waals surface area (Å²) in [6, 6.07) is -0.364.